The van der Waals surface area contributed by atoms with E-state index in [1.165, 1.54) is 263 Å². The van der Waals surface area contributed by atoms with Gasteiger partial charge in [-0.1, -0.05) is 302 Å². The van der Waals surface area contributed by atoms with Crippen LogP contribution >= 0.6 is 0 Å². The summed E-state index contributed by atoms with van der Waals surface area (Å²) in [6, 6.07) is 0. The lowest BCUT2D eigenvalue weighted by atomic mass is 10.0. The summed E-state index contributed by atoms with van der Waals surface area (Å²) in [5.74, 6) is -0.862. The van der Waals surface area contributed by atoms with Gasteiger partial charge in [0.1, 0.15) is 13.2 Å². The molecule has 1 atom stereocenters. The van der Waals surface area contributed by atoms with Gasteiger partial charge in [-0.25, -0.2) is 0 Å². The van der Waals surface area contributed by atoms with Gasteiger partial charge in [-0.05, 0) is 70.6 Å². The molecule has 6 nitrogen and oxygen atoms in total. The molecule has 0 N–H and O–H groups in total. The number of ether oxygens (including phenoxy) is 3. The summed E-state index contributed by atoms with van der Waals surface area (Å²) < 4.78 is 16.8. The Kier molecular flexibility index (Phi) is 60.6. The monoisotopic (exact) mass is 1030 g/mol. The van der Waals surface area contributed by atoms with Crippen LogP contribution in [0.2, 0.25) is 0 Å². The Labute approximate surface area is 455 Å². The summed E-state index contributed by atoms with van der Waals surface area (Å²) in [6.07, 6.45) is 75.4. The zero-order valence-electron chi connectivity index (χ0n) is 49.4. The molecule has 6 heteroatoms. The van der Waals surface area contributed by atoms with Crippen LogP contribution in [0.15, 0.2) is 24.3 Å². The minimum atomic E-state index is -0.766. The van der Waals surface area contributed by atoms with E-state index in [4.69, 9.17) is 14.2 Å². The number of rotatable bonds is 61. The summed E-state index contributed by atoms with van der Waals surface area (Å²) in [5.41, 5.74) is 0. The highest BCUT2D eigenvalue weighted by molar-refractivity contribution is 5.71. The molecule has 0 aromatic rings. The molecule has 0 heterocycles. The quantitative estimate of drug-likeness (QED) is 0.0261. The Hall–Kier alpha value is -2.11. The van der Waals surface area contributed by atoms with Crippen molar-refractivity contribution in [3.8, 4) is 0 Å². The fourth-order valence-corrected chi connectivity index (χ4v) is 9.97. The Balaban J connectivity index is 3.92. The van der Waals surface area contributed by atoms with Crippen LogP contribution in [0.1, 0.15) is 367 Å². The minimum absolute atomic E-state index is 0.0676. The predicted octanol–water partition coefficient (Wildman–Crippen LogP) is 22.2. The fraction of sp³-hybridized carbons (Fsp3) is 0.896. The molecule has 73 heavy (non-hydrogen) atoms. The number of hydrogen-bond acceptors (Lipinski definition) is 6. The maximum atomic E-state index is 12.8. The third-order valence-electron chi connectivity index (χ3n) is 14.9. The van der Waals surface area contributed by atoms with E-state index < -0.39 is 6.10 Å². The minimum Gasteiger partial charge on any atom is -0.462 e. The van der Waals surface area contributed by atoms with Gasteiger partial charge >= 0.3 is 17.9 Å². The Morgan fingerprint density at radius 1 is 0.260 bits per heavy atom. The van der Waals surface area contributed by atoms with Crippen molar-refractivity contribution in [2.45, 2.75) is 374 Å². The SMILES string of the molecule is CCCCCCCC/C=C\CCCCCCCCCCCC(=O)OC(COC(=O)CCCCCCC)COC(=O)CCCCCCCCCCCCCCCCCCCCC/C=C\CCCCCCCCCC. The second-order valence-electron chi connectivity index (χ2n) is 22.4. The van der Waals surface area contributed by atoms with Crippen molar-refractivity contribution >= 4 is 17.9 Å². The molecular formula is C67H126O6. The highest BCUT2D eigenvalue weighted by atomic mass is 16.6. The molecule has 430 valence electrons. The molecule has 0 aliphatic rings. The first kappa shape index (κ1) is 70.9. The summed E-state index contributed by atoms with van der Waals surface area (Å²) >= 11 is 0. The van der Waals surface area contributed by atoms with E-state index in [0.29, 0.717) is 19.3 Å². The van der Waals surface area contributed by atoms with Crippen molar-refractivity contribution in [3.63, 3.8) is 0 Å². The maximum absolute atomic E-state index is 12.8. The van der Waals surface area contributed by atoms with E-state index in [1.54, 1.807) is 0 Å². The van der Waals surface area contributed by atoms with E-state index >= 15 is 0 Å². The van der Waals surface area contributed by atoms with Crippen LogP contribution in [0, 0.1) is 0 Å². The number of unbranched alkanes of at least 4 members (excludes halogenated alkanes) is 46. The molecular weight excluding hydrogens is 901 g/mol. The van der Waals surface area contributed by atoms with Gasteiger partial charge in [0.05, 0.1) is 0 Å². The molecule has 0 fully saturated rings. The van der Waals surface area contributed by atoms with Crippen LogP contribution in [0.4, 0.5) is 0 Å². The van der Waals surface area contributed by atoms with Crippen molar-refractivity contribution < 1.29 is 28.6 Å². The van der Waals surface area contributed by atoms with E-state index in [9.17, 15) is 14.4 Å². The Bertz CT molecular complexity index is 1180. The fourth-order valence-electron chi connectivity index (χ4n) is 9.97. The molecule has 0 radical (unpaired) electrons. The lowest BCUT2D eigenvalue weighted by Gasteiger charge is -2.18. The van der Waals surface area contributed by atoms with Crippen molar-refractivity contribution in [1.82, 2.24) is 0 Å². The highest BCUT2D eigenvalue weighted by Crippen LogP contribution is 2.18. The van der Waals surface area contributed by atoms with Gasteiger partial charge in [0.25, 0.3) is 0 Å². The number of allylic oxidation sites excluding steroid dienone is 4. The van der Waals surface area contributed by atoms with Crippen molar-refractivity contribution in [2.24, 2.45) is 0 Å². The second kappa shape index (κ2) is 62.4. The maximum Gasteiger partial charge on any atom is 0.306 e. The third-order valence-corrected chi connectivity index (χ3v) is 14.9. The molecule has 0 aliphatic carbocycles. The Morgan fingerprint density at radius 3 is 0.685 bits per heavy atom. The average Bonchev–Trinajstić information content (AvgIpc) is 3.39. The first-order valence-corrected chi connectivity index (χ1v) is 32.8. The summed E-state index contributed by atoms with van der Waals surface area (Å²) in [5, 5.41) is 0. The molecule has 0 bridgehead atoms. The summed E-state index contributed by atoms with van der Waals surface area (Å²) in [6.45, 7) is 6.61. The average molecular weight is 1030 g/mol. The zero-order chi connectivity index (χ0) is 52.9. The van der Waals surface area contributed by atoms with Crippen LogP contribution in [-0.4, -0.2) is 37.2 Å². The van der Waals surface area contributed by atoms with Gasteiger partial charge in [0.15, 0.2) is 6.10 Å². The van der Waals surface area contributed by atoms with Crippen LogP contribution in [-0.2, 0) is 28.6 Å². The smallest absolute Gasteiger partial charge is 0.306 e. The van der Waals surface area contributed by atoms with Crippen molar-refractivity contribution in [2.75, 3.05) is 13.2 Å². The standard InChI is InChI=1S/C67H126O6/c1-4-7-10-13-15-17-19-21-23-25-27-28-29-30-31-32-33-34-35-36-37-38-40-41-43-45-47-49-51-54-57-60-66(69)72-63-64(62-71-65(68)59-56-53-12-9-6-3)73-67(70)61-58-55-52-50-48-46-44-42-39-26-24-22-20-18-16-14-11-8-5-2/h22,24-25,27,64H,4-21,23,26,28-63H2,1-3H3/b24-22-,27-25-. The highest BCUT2D eigenvalue weighted by Gasteiger charge is 2.19. The van der Waals surface area contributed by atoms with Gasteiger partial charge in [0, 0.05) is 19.3 Å². The van der Waals surface area contributed by atoms with Crippen molar-refractivity contribution in [3.05, 3.63) is 24.3 Å². The number of carbonyl (C=O) groups excluding carboxylic acids is 3. The molecule has 0 aliphatic heterocycles. The largest absolute Gasteiger partial charge is 0.462 e. The number of hydrogen-bond donors (Lipinski definition) is 0. The van der Waals surface area contributed by atoms with E-state index in [2.05, 4.69) is 45.1 Å². The number of carbonyl (C=O) groups is 3. The zero-order valence-corrected chi connectivity index (χ0v) is 49.4. The van der Waals surface area contributed by atoms with E-state index in [-0.39, 0.29) is 31.1 Å². The van der Waals surface area contributed by atoms with Gasteiger partial charge in [-0.15, -0.1) is 0 Å². The van der Waals surface area contributed by atoms with Gasteiger partial charge in [0.2, 0.25) is 0 Å². The molecule has 0 spiro atoms. The van der Waals surface area contributed by atoms with Gasteiger partial charge < -0.3 is 14.2 Å². The first-order chi connectivity index (χ1) is 36.0. The molecule has 0 amide bonds. The lowest BCUT2D eigenvalue weighted by molar-refractivity contribution is -0.167. The lowest BCUT2D eigenvalue weighted by Crippen LogP contribution is -2.30. The van der Waals surface area contributed by atoms with Crippen LogP contribution in [0.3, 0.4) is 0 Å². The van der Waals surface area contributed by atoms with Crippen LogP contribution in [0.25, 0.3) is 0 Å². The second-order valence-corrected chi connectivity index (χ2v) is 22.4. The van der Waals surface area contributed by atoms with Crippen LogP contribution in [0.5, 0.6) is 0 Å². The predicted molar refractivity (Wildman–Crippen MR) is 316 cm³/mol. The first-order valence-electron chi connectivity index (χ1n) is 32.8. The van der Waals surface area contributed by atoms with Gasteiger partial charge in [-0.3, -0.25) is 14.4 Å². The molecule has 0 saturated heterocycles. The molecule has 0 rings (SSSR count). The number of esters is 3. The third kappa shape index (κ3) is 60.6. The summed E-state index contributed by atoms with van der Waals surface area (Å²) in [7, 11) is 0. The van der Waals surface area contributed by atoms with Gasteiger partial charge in [-0.2, -0.15) is 0 Å². The molecule has 0 aromatic heterocycles. The van der Waals surface area contributed by atoms with Crippen LogP contribution < -0.4 is 0 Å². The Morgan fingerprint density at radius 2 is 0.452 bits per heavy atom. The normalized spacial score (nSPS) is 12.1. The summed E-state index contributed by atoms with van der Waals surface area (Å²) in [4.78, 5) is 37.9. The topological polar surface area (TPSA) is 78.9 Å². The molecule has 1 unspecified atom stereocenters. The van der Waals surface area contributed by atoms with Crippen molar-refractivity contribution in [1.29, 1.82) is 0 Å². The van der Waals surface area contributed by atoms with E-state index in [0.717, 1.165) is 64.2 Å². The van der Waals surface area contributed by atoms with E-state index in [1.807, 2.05) is 0 Å². The molecule has 0 aromatic carbocycles. The molecule has 0 saturated carbocycles.